The second kappa shape index (κ2) is 10.9. The third-order valence-electron chi connectivity index (χ3n) is 1.01. The second-order valence-electron chi connectivity index (χ2n) is 1.69. The van der Waals surface area contributed by atoms with Crippen molar-refractivity contribution in [3.8, 4) is 0 Å². The quantitative estimate of drug-likeness (QED) is 0.436. The molecule has 0 aromatic carbocycles. The van der Waals surface area contributed by atoms with E-state index in [9.17, 15) is 14.4 Å². The van der Waals surface area contributed by atoms with Gasteiger partial charge in [0.1, 0.15) is 0 Å². The van der Waals surface area contributed by atoms with Gasteiger partial charge >= 0.3 is 171 Å². The van der Waals surface area contributed by atoms with Gasteiger partial charge in [-0.05, 0) is 0 Å². The van der Waals surface area contributed by atoms with Crippen LogP contribution in [0, 0.1) is 0 Å². The van der Waals surface area contributed by atoms with Crippen molar-refractivity contribution >= 4 is 35.3 Å². The van der Waals surface area contributed by atoms with Crippen LogP contribution in [0.2, 0.25) is 0 Å². The first-order valence-corrected chi connectivity index (χ1v) is 3.48. The summed E-state index contributed by atoms with van der Waals surface area (Å²) in [6.45, 7) is 0. The third kappa shape index (κ3) is 6.00. The van der Waals surface area contributed by atoms with E-state index in [1.54, 1.807) is 0 Å². The van der Waals surface area contributed by atoms with Gasteiger partial charge in [-0.2, -0.15) is 0 Å². The third-order valence-corrected chi connectivity index (χ3v) is 1.88. The van der Waals surface area contributed by atoms with Crippen LogP contribution in [0.5, 0.6) is 0 Å². The number of nitrogens with zero attached hydrogens (tertiary/aromatic N) is 3. The van der Waals surface area contributed by atoms with E-state index in [4.69, 9.17) is 35.3 Å². The van der Waals surface area contributed by atoms with Crippen molar-refractivity contribution in [1.82, 2.24) is 12.3 Å². The Hall–Kier alpha value is 4.19. The molecule has 1 aromatic heterocycles. The molecule has 72 valence electrons. The number of rotatable bonds is 0. The van der Waals surface area contributed by atoms with Gasteiger partial charge in [-0.15, -0.1) is 12.3 Å². The Morgan fingerprint density at radius 3 is 0.933 bits per heavy atom. The smallest absolute Gasteiger partial charge is 1.00 e. The van der Waals surface area contributed by atoms with Gasteiger partial charge in [-0.3, -0.25) is 0 Å². The molecule has 6 nitrogen and oxygen atoms in total. The summed E-state index contributed by atoms with van der Waals surface area (Å²) in [5, 5.41) is 0. The molecule has 0 saturated heterocycles. The zero-order valence-electron chi connectivity index (χ0n) is 11.2. The molecule has 1 heterocycles. The Balaban J connectivity index is -0.0000000600. The summed E-state index contributed by atoms with van der Waals surface area (Å²) in [7, 11) is 0. The molecular weight excluding hydrogens is 350 g/mol. The summed E-state index contributed by atoms with van der Waals surface area (Å²) in [4.78, 5) is 32.3. The van der Waals surface area contributed by atoms with E-state index in [0.717, 1.165) is 0 Å². The van der Waals surface area contributed by atoms with Gasteiger partial charge < -0.3 is 4.28 Å². The van der Waals surface area contributed by atoms with Gasteiger partial charge in [0.2, 0.25) is 0 Å². The SMILES string of the molecule is O=c1n(Cl)c(=O)n(Cl)c(=O)n1Cl.[H-].[H-].[H-].[K+].[K+].[K+]. The minimum absolute atomic E-state index is 0. The van der Waals surface area contributed by atoms with Crippen LogP contribution in [0.3, 0.4) is 0 Å². The first-order valence-electron chi connectivity index (χ1n) is 2.46. The Morgan fingerprint density at radius 1 is 0.667 bits per heavy atom. The van der Waals surface area contributed by atoms with Crippen molar-refractivity contribution in [2.24, 2.45) is 0 Å². The van der Waals surface area contributed by atoms with Gasteiger partial charge in [0, 0.05) is 35.3 Å². The van der Waals surface area contributed by atoms with Crippen LogP contribution in [0.4, 0.5) is 0 Å². The Kier molecular flexibility index (Phi) is 17.6. The predicted molar refractivity (Wildman–Crippen MR) is 46.3 cm³/mol. The summed E-state index contributed by atoms with van der Waals surface area (Å²) in [5.41, 5.74) is -3.49. The molecule has 0 aliphatic heterocycles. The standard InChI is InChI=1S/C3Cl3N3O3.3K.3H/c4-7-1(10)8(5)3(12)9(6)2(7)11;;;;;;/q;3*+1;3*-1. The Bertz CT molecular complexity index is 403. The maximum absolute atomic E-state index is 10.8. The van der Waals surface area contributed by atoms with Crippen molar-refractivity contribution in [1.29, 1.82) is 0 Å². The topological polar surface area (TPSA) is 66.0 Å². The zero-order chi connectivity index (χ0) is 9.46. The maximum Gasteiger partial charge on any atom is 1.00 e. The molecule has 0 aliphatic rings. The van der Waals surface area contributed by atoms with Crippen LogP contribution in [0.15, 0.2) is 14.4 Å². The van der Waals surface area contributed by atoms with Gasteiger partial charge in [0.05, 0.1) is 0 Å². The van der Waals surface area contributed by atoms with Gasteiger partial charge in [0.15, 0.2) is 0 Å². The number of aromatic nitrogens is 3. The molecule has 0 bridgehead atoms. The number of halogens is 3. The van der Waals surface area contributed by atoms with Crippen molar-refractivity contribution in [2.45, 2.75) is 0 Å². The van der Waals surface area contributed by atoms with Crippen molar-refractivity contribution in [2.75, 3.05) is 0 Å². The largest absolute Gasteiger partial charge is 1.00 e. The summed E-state index contributed by atoms with van der Waals surface area (Å²) < 4.78 is 0.254. The van der Waals surface area contributed by atoms with Crippen molar-refractivity contribution < 1.29 is 158 Å². The second-order valence-corrected chi connectivity index (χ2v) is 2.70. The molecule has 0 amide bonds. The Labute approximate surface area is 231 Å². The molecule has 0 unspecified atom stereocenters. The van der Waals surface area contributed by atoms with Gasteiger partial charge in [-0.1, -0.05) is 0 Å². The monoisotopic (exact) mass is 351 g/mol. The summed E-state index contributed by atoms with van der Waals surface area (Å²) in [5.74, 6) is 0. The molecule has 0 saturated carbocycles. The maximum atomic E-state index is 10.8. The minimum Gasteiger partial charge on any atom is -1.00 e. The Morgan fingerprint density at radius 2 is 0.800 bits per heavy atom. The van der Waals surface area contributed by atoms with E-state index in [1.807, 2.05) is 0 Å². The molecule has 1 rings (SSSR count). The molecular formula is C3H3Cl3K3N3O3. The normalized spacial score (nSPS) is 8.20. The number of hydrogen-bond acceptors (Lipinski definition) is 3. The molecule has 0 atom stereocenters. The van der Waals surface area contributed by atoms with Crippen LogP contribution in [-0.2, 0) is 0 Å². The molecule has 0 aliphatic carbocycles. The molecule has 12 heteroatoms. The van der Waals surface area contributed by atoms with Crippen LogP contribution in [-0.4, -0.2) is 12.3 Å². The molecule has 0 fully saturated rings. The average molecular weight is 353 g/mol. The first kappa shape index (κ1) is 24.2. The molecule has 0 radical (unpaired) electrons. The van der Waals surface area contributed by atoms with E-state index in [0.29, 0.717) is 0 Å². The van der Waals surface area contributed by atoms with Crippen LogP contribution in [0.1, 0.15) is 4.28 Å². The minimum atomic E-state index is -1.16. The van der Waals surface area contributed by atoms with Crippen LogP contribution >= 0.6 is 35.3 Å². The predicted octanol–water partition coefficient (Wildman–Crippen LogP) is -9.47. The van der Waals surface area contributed by atoms with Crippen LogP contribution < -0.4 is 171 Å². The molecule has 15 heavy (non-hydrogen) atoms. The van der Waals surface area contributed by atoms with Crippen molar-refractivity contribution in [3.63, 3.8) is 0 Å². The number of hydrogen-bond donors (Lipinski definition) is 0. The fourth-order valence-electron chi connectivity index (χ4n) is 0.477. The molecule has 0 spiro atoms. The van der Waals surface area contributed by atoms with E-state index in [1.165, 1.54) is 0 Å². The van der Waals surface area contributed by atoms with E-state index < -0.39 is 17.1 Å². The van der Waals surface area contributed by atoms with Gasteiger partial charge in [-0.25, -0.2) is 14.4 Å². The fraction of sp³-hybridized carbons (Fsp3) is 0. The van der Waals surface area contributed by atoms with E-state index in [2.05, 4.69) is 0 Å². The average Bonchev–Trinajstić information content (AvgIpc) is 2.08. The summed E-state index contributed by atoms with van der Waals surface area (Å²) >= 11 is 15.3. The van der Waals surface area contributed by atoms with Crippen LogP contribution in [0.25, 0.3) is 0 Å². The fourth-order valence-corrected chi connectivity index (χ4v) is 1.05. The van der Waals surface area contributed by atoms with Gasteiger partial charge in [0.25, 0.3) is 0 Å². The van der Waals surface area contributed by atoms with E-state index >= 15 is 0 Å². The van der Waals surface area contributed by atoms with Crippen molar-refractivity contribution in [3.05, 3.63) is 31.5 Å². The summed E-state index contributed by atoms with van der Waals surface area (Å²) in [6, 6.07) is 0. The molecule has 0 N–H and O–H groups in total. The zero-order valence-corrected chi connectivity index (χ0v) is 19.8. The first-order chi connectivity index (χ1) is 5.46. The van der Waals surface area contributed by atoms with E-state index in [-0.39, 0.29) is 171 Å². The summed E-state index contributed by atoms with van der Waals surface area (Å²) in [6.07, 6.45) is 0. The molecule has 1 aromatic rings.